The van der Waals surface area contributed by atoms with E-state index in [9.17, 15) is 4.79 Å². The molecular weight excluding hydrogens is 240 g/mol. The van der Waals surface area contributed by atoms with Crippen LogP contribution in [0.2, 0.25) is 0 Å². The van der Waals surface area contributed by atoms with Gasteiger partial charge >= 0.3 is 0 Å². The van der Waals surface area contributed by atoms with Gasteiger partial charge in [-0.2, -0.15) is 0 Å². The zero-order chi connectivity index (χ0) is 13.8. The summed E-state index contributed by atoms with van der Waals surface area (Å²) in [7, 11) is 0. The number of ether oxygens (including phenoxy) is 1. The van der Waals surface area contributed by atoms with Crippen molar-refractivity contribution < 1.29 is 9.53 Å². The molecule has 1 aliphatic rings. The van der Waals surface area contributed by atoms with Gasteiger partial charge in [-0.15, -0.1) is 0 Å². The molecule has 1 saturated carbocycles. The third-order valence-corrected chi connectivity index (χ3v) is 3.42. The molecule has 1 aromatic rings. The average Bonchev–Trinajstić information content (AvgIpc) is 3.22. The second-order valence-electron chi connectivity index (χ2n) is 5.06. The first-order valence-electron chi connectivity index (χ1n) is 6.89. The van der Waals surface area contributed by atoms with Crippen LogP contribution in [0.4, 0.5) is 0 Å². The van der Waals surface area contributed by atoms with E-state index in [1.165, 1.54) is 0 Å². The largest absolute Gasteiger partial charge is 0.484 e. The Morgan fingerprint density at radius 3 is 2.53 bits per heavy atom. The van der Waals surface area contributed by atoms with Crippen molar-refractivity contribution in [2.45, 2.75) is 38.8 Å². The molecule has 2 N–H and O–H groups in total. The lowest BCUT2D eigenvalue weighted by Gasteiger charge is -2.20. The van der Waals surface area contributed by atoms with Crippen LogP contribution in [0.15, 0.2) is 24.3 Å². The fourth-order valence-corrected chi connectivity index (χ4v) is 2.12. The van der Waals surface area contributed by atoms with Gasteiger partial charge in [-0.1, -0.05) is 12.1 Å². The molecular formula is C15H22N2O2. The maximum Gasteiger partial charge on any atom is 0.260 e. The van der Waals surface area contributed by atoms with Gasteiger partial charge in [0.05, 0.1) is 0 Å². The standard InChI is InChI=1S/C15H22N2O2/c1-3-17(13-6-7-13)15(18)10-19-14-8-4-12(5-9-14)11(2)16/h4-5,8-9,11,13H,3,6-7,10,16H2,1-2H3/t11-/m1/s1. The molecule has 0 spiro atoms. The van der Waals surface area contributed by atoms with Gasteiger partial charge in [-0.05, 0) is 44.4 Å². The molecule has 0 bridgehead atoms. The SMILES string of the molecule is CCN(C(=O)COc1ccc([C@@H](C)N)cc1)C1CC1. The van der Waals surface area contributed by atoms with E-state index in [1.54, 1.807) is 0 Å². The summed E-state index contributed by atoms with van der Waals surface area (Å²) < 4.78 is 5.53. The van der Waals surface area contributed by atoms with E-state index >= 15 is 0 Å². The van der Waals surface area contributed by atoms with Gasteiger partial charge < -0.3 is 15.4 Å². The number of carbonyl (C=O) groups excluding carboxylic acids is 1. The second kappa shape index (κ2) is 6.06. The summed E-state index contributed by atoms with van der Waals surface area (Å²) in [6.45, 7) is 4.82. The maximum absolute atomic E-state index is 12.0. The summed E-state index contributed by atoms with van der Waals surface area (Å²) in [5, 5.41) is 0. The molecule has 0 saturated heterocycles. The Balaban J connectivity index is 1.85. The number of amides is 1. The highest BCUT2D eigenvalue weighted by Crippen LogP contribution is 2.26. The highest BCUT2D eigenvalue weighted by molar-refractivity contribution is 5.78. The summed E-state index contributed by atoms with van der Waals surface area (Å²) >= 11 is 0. The molecule has 1 atom stereocenters. The number of likely N-dealkylation sites (N-methyl/N-ethyl adjacent to an activating group) is 1. The molecule has 1 aromatic carbocycles. The van der Waals surface area contributed by atoms with E-state index in [0.717, 1.165) is 24.9 Å². The Morgan fingerprint density at radius 1 is 1.42 bits per heavy atom. The molecule has 104 valence electrons. The molecule has 1 amide bonds. The molecule has 4 nitrogen and oxygen atoms in total. The lowest BCUT2D eigenvalue weighted by atomic mass is 10.1. The molecule has 0 aliphatic heterocycles. The Kier molecular flexibility index (Phi) is 4.43. The summed E-state index contributed by atoms with van der Waals surface area (Å²) in [6.07, 6.45) is 2.26. The van der Waals surface area contributed by atoms with Gasteiger partial charge in [0.1, 0.15) is 5.75 Å². The monoisotopic (exact) mass is 262 g/mol. The lowest BCUT2D eigenvalue weighted by molar-refractivity contribution is -0.133. The van der Waals surface area contributed by atoms with Gasteiger partial charge in [-0.25, -0.2) is 0 Å². The van der Waals surface area contributed by atoms with Crippen molar-refractivity contribution >= 4 is 5.91 Å². The van der Waals surface area contributed by atoms with E-state index in [4.69, 9.17) is 10.5 Å². The molecule has 0 heterocycles. The molecule has 0 unspecified atom stereocenters. The molecule has 4 heteroatoms. The maximum atomic E-state index is 12.0. The van der Waals surface area contributed by atoms with Crippen LogP contribution < -0.4 is 10.5 Å². The zero-order valence-electron chi connectivity index (χ0n) is 11.6. The van der Waals surface area contributed by atoms with Crippen molar-refractivity contribution in [1.82, 2.24) is 4.90 Å². The summed E-state index contributed by atoms with van der Waals surface area (Å²) in [5.41, 5.74) is 6.84. The highest BCUT2D eigenvalue weighted by atomic mass is 16.5. The van der Waals surface area contributed by atoms with E-state index in [-0.39, 0.29) is 18.6 Å². The molecule has 2 rings (SSSR count). The first-order valence-corrected chi connectivity index (χ1v) is 6.89. The second-order valence-corrected chi connectivity index (χ2v) is 5.06. The van der Waals surface area contributed by atoms with Gasteiger partial charge in [0.2, 0.25) is 0 Å². The van der Waals surface area contributed by atoms with Crippen molar-refractivity contribution in [3.05, 3.63) is 29.8 Å². The van der Waals surface area contributed by atoms with Crippen LogP contribution in [0, 0.1) is 0 Å². The lowest BCUT2D eigenvalue weighted by Crippen LogP contribution is -2.36. The fraction of sp³-hybridized carbons (Fsp3) is 0.533. The average molecular weight is 262 g/mol. The topological polar surface area (TPSA) is 55.6 Å². The Hall–Kier alpha value is -1.55. The quantitative estimate of drug-likeness (QED) is 0.854. The van der Waals surface area contributed by atoms with E-state index in [0.29, 0.717) is 11.8 Å². The highest BCUT2D eigenvalue weighted by Gasteiger charge is 2.31. The first kappa shape index (κ1) is 13.9. The summed E-state index contributed by atoms with van der Waals surface area (Å²) in [4.78, 5) is 13.9. The minimum atomic E-state index is 0.0149. The van der Waals surface area contributed by atoms with Crippen LogP contribution in [0.3, 0.4) is 0 Å². The third kappa shape index (κ3) is 3.70. The first-order chi connectivity index (χ1) is 9.11. The van der Waals surface area contributed by atoms with Gasteiger partial charge in [-0.3, -0.25) is 4.79 Å². The van der Waals surface area contributed by atoms with Crippen LogP contribution in [0.1, 0.15) is 38.3 Å². The van der Waals surface area contributed by atoms with E-state index in [1.807, 2.05) is 43.0 Å². The molecule has 1 fully saturated rings. The molecule has 0 radical (unpaired) electrons. The normalized spacial score (nSPS) is 15.9. The van der Waals surface area contributed by atoms with Crippen LogP contribution in [0.25, 0.3) is 0 Å². The Bertz CT molecular complexity index is 424. The minimum absolute atomic E-state index is 0.0149. The molecule has 0 aromatic heterocycles. The third-order valence-electron chi connectivity index (χ3n) is 3.42. The number of rotatable bonds is 6. The zero-order valence-corrected chi connectivity index (χ0v) is 11.6. The predicted molar refractivity (Wildman–Crippen MR) is 74.9 cm³/mol. The number of benzene rings is 1. The Labute approximate surface area is 114 Å². The van der Waals surface area contributed by atoms with Crippen LogP contribution >= 0.6 is 0 Å². The minimum Gasteiger partial charge on any atom is -0.484 e. The smallest absolute Gasteiger partial charge is 0.260 e. The number of nitrogens with two attached hydrogens (primary N) is 1. The van der Waals surface area contributed by atoms with Crippen molar-refractivity contribution in [1.29, 1.82) is 0 Å². The van der Waals surface area contributed by atoms with Crippen molar-refractivity contribution in [2.24, 2.45) is 5.73 Å². The molecule has 19 heavy (non-hydrogen) atoms. The van der Waals surface area contributed by atoms with E-state index in [2.05, 4.69) is 0 Å². The molecule has 1 aliphatic carbocycles. The summed E-state index contributed by atoms with van der Waals surface area (Å²) in [5.74, 6) is 0.783. The Morgan fingerprint density at radius 2 is 2.05 bits per heavy atom. The van der Waals surface area contributed by atoms with Crippen LogP contribution in [0.5, 0.6) is 5.75 Å². The number of carbonyl (C=O) groups is 1. The van der Waals surface area contributed by atoms with Gasteiger partial charge in [0, 0.05) is 18.6 Å². The van der Waals surface area contributed by atoms with Crippen LogP contribution in [-0.2, 0) is 4.79 Å². The predicted octanol–water partition coefficient (Wildman–Crippen LogP) is 2.10. The van der Waals surface area contributed by atoms with E-state index < -0.39 is 0 Å². The summed E-state index contributed by atoms with van der Waals surface area (Å²) in [6, 6.07) is 8.05. The van der Waals surface area contributed by atoms with Crippen LogP contribution in [-0.4, -0.2) is 30.0 Å². The fourth-order valence-electron chi connectivity index (χ4n) is 2.12. The number of nitrogens with zero attached hydrogens (tertiary/aromatic N) is 1. The van der Waals surface area contributed by atoms with Gasteiger partial charge in [0.15, 0.2) is 6.61 Å². The van der Waals surface area contributed by atoms with Gasteiger partial charge in [0.25, 0.3) is 5.91 Å². The number of hydrogen-bond donors (Lipinski definition) is 1. The van der Waals surface area contributed by atoms with Crippen molar-refractivity contribution in [2.75, 3.05) is 13.2 Å². The van der Waals surface area contributed by atoms with Crippen molar-refractivity contribution in [3.8, 4) is 5.75 Å². The van der Waals surface area contributed by atoms with Crippen molar-refractivity contribution in [3.63, 3.8) is 0 Å². The number of hydrogen-bond acceptors (Lipinski definition) is 3.